The molecule has 1 aromatic heterocycles. The number of hydrogen-bond acceptors (Lipinski definition) is 4. The predicted molar refractivity (Wildman–Crippen MR) is 94.2 cm³/mol. The van der Waals surface area contributed by atoms with E-state index in [0.717, 1.165) is 22.3 Å². The van der Waals surface area contributed by atoms with Gasteiger partial charge in [0.15, 0.2) is 9.84 Å². The summed E-state index contributed by atoms with van der Waals surface area (Å²) in [5, 5.41) is 0. The van der Waals surface area contributed by atoms with Gasteiger partial charge in [-0.2, -0.15) is 0 Å². The molecule has 1 heterocycles. The van der Waals surface area contributed by atoms with E-state index in [1.807, 2.05) is 62.4 Å². The van der Waals surface area contributed by atoms with Crippen LogP contribution in [0.4, 0.5) is 0 Å². The number of aromatic nitrogens is 1. The van der Waals surface area contributed by atoms with Gasteiger partial charge in [-0.1, -0.05) is 47.5 Å². The highest BCUT2D eigenvalue weighted by atomic mass is 32.2. The molecule has 0 fully saturated rings. The third-order valence-electron chi connectivity index (χ3n) is 3.73. The lowest BCUT2D eigenvalue weighted by Crippen LogP contribution is -2.08. The first-order valence-electron chi connectivity index (χ1n) is 7.69. The zero-order valence-corrected chi connectivity index (χ0v) is 14.5. The van der Waals surface area contributed by atoms with E-state index in [9.17, 15) is 8.42 Å². The van der Waals surface area contributed by atoms with Gasteiger partial charge in [0, 0.05) is 5.56 Å². The van der Waals surface area contributed by atoms with Gasteiger partial charge in [-0.3, -0.25) is 0 Å². The second-order valence-corrected chi connectivity index (χ2v) is 8.09. The average molecular weight is 341 g/mol. The van der Waals surface area contributed by atoms with E-state index >= 15 is 0 Å². The smallest absolute Gasteiger partial charge is 0.226 e. The Morgan fingerprint density at radius 2 is 1.46 bits per heavy atom. The van der Waals surface area contributed by atoms with Gasteiger partial charge in [-0.05, 0) is 31.5 Å². The second-order valence-electron chi connectivity index (χ2n) is 6.03. The molecule has 3 aromatic rings. The molecule has 0 N–H and O–H groups in total. The minimum absolute atomic E-state index is 0.00000499. The molecule has 0 aliphatic rings. The fourth-order valence-electron chi connectivity index (χ4n) is 2.42. The molecular weight excluding hydrogens is 322 g/mol. The van der Waals surface area contributed by atoms with Crippen molar-refractivity contribution < 1.29 is 12.8 Å². The van der Waals surface area contributed by atoms with Crippen molar-refractivity contribution in [2.24, 2.45) is 0 Å². The van der Waals surface area contributed by atoms with Crippen LogP contribution >= 0.6 is 0 Å². The normalized spacial score (nSPS) is 11.6. The van der Waals surface area contributed by atoms with Gasteiger partial charge in [0.2, 0.25) is 5.89 Å². The van der Waals surface area contributed by atoms with Gasteiger partial charge < -0.3 is 4.42 Å². The zero-order valence-electron chi connectivity index (χ0n) is 13.7. The van der Waals surface area contributed by atoms with Crippen LogP contribution in [0.25, 0.3) is 11.5 Å². The summed E-state index contributed by atoms with van der Waals surface area (Å²) < 4.78 is 30.2. The van der Waals surface area contributed by atoms with Gasteiger partial charge in [-0.25, -0.2) is 13.4 Å². The van der Waals surface area contributed by atoms with Crippen LogP contribution in [0.1, 0.15) is 22.4 Å². The van der Waals surface area contributed by atoms with Crippen molar-refractivity contribution >= 4 is 9.84 Å². The Morgan fingerprint density at radius 1 is 0.875 bits per heavy atom. The summed E-state index contributed by atoms with van der Waals surface area (Å²) in [7, 11) is -3.30. The number of benzene rings is 2. The first kappa shape index (κ1) is 16.5. The van der Waals surface area contributed by atoms with Crippen LogP contribution in [0.2, 0.25) is 0 Å². The van der Waals surface area contributed by atoms with Gasteiger partial charge in [-0.15, -0.1) is 0 Å². The zero-order chi connectivity index (χ0) is 17.2. The second kappa shape index (κ2) is 6.61. The van der Waals surface area contributed by atoms with E-state index in [1.165, 1.54) is 6.26 Å². The van der Waals surface area contributed by atoms with Gasteiger partial charge in [0.1, 0.15) is 6.26 Å². The van der Waals surface area contributed by atoms with Crippen molar-refractivity contribution in [3.8, 4) is 11.5 Å². The Hall–Kier alpha value is -2.40. The summed E-state index contributed by atoms with van der Waals surface area (Å²) in [6.07, 6.45) is 1.42. The Labute approximate surface area is 142 Å². The largest absolute Gasteiger partial charge is 0.444 e. The third kappa shape index (κ3) is 4.11. The molecule has 3 rings (SSSR count). The number of sulfone groups is 1. The Morgan fingerprint density at radius 3 is 2.08 bits per heavy atom. The molecule has 0 unspecified atom stereocenters. The Kier molecular flexibility index (Phi) is 4.53. The number of oxazole rings is 1. The van der Waals surface area contributed by atoms with Crippen LogP contribution in [0, 0.1) is 13.8 Å². The molecule has 24 heavy (non-hydrogen) atoms. The fraction of sp³-hybridized carbons (Fsp3) is 0.211. The molecular formula is C19H19NO3S. The van der Waals surface area contributed by atoms with Crippen molar-refractivity contribution in [2.45, 2.75) is 25.4 Å². The number of aryl methyl sites for hydroxylation is 2. The van der Waals surface area contributed by atoms with Crippen LogP contribution in [-0.2, 0) is 21.3 Å². The SMILES string of the molecule is Cc1ccc(CS(=O)(=O)Cc2coc(-c3ccc(C)cc3)n2)cc1. The third-order valence-corrected chi connectivity index (χ3v) is 5.23. The lowest BCUT2D eigenvalue weighted by Gasteiger charge is -2.03. The predicted octanol–water partition coefficient (Wildman–Crippen LogP) is 4.07. The highest BCUT2D eigenvalue weighted by molar-refractivity contribution is 7.89. The molecule has 0 bridgehead atoms. The summed E-state index contributed by atoms with van der Waals surface area (Å²) in [4.78, 5) is 4.31. The number of nitrogens with zero attached hydrogens (tertiary/aromatic N) is 1. The monoisotopic (exact) mass is 341 g/mol. The Balaban J connectivity index is 1.73. The van der Waals surface area contributed by atoms with Crippen molar-refractivity contribution in [1.29, 1.82) is 0 Å². The maximum Gasteiger partial charge on any atom is 0.226 e. The summed E-state index contributed by atoms with van der Waals surface area (Å²) in [6, 6.07) is 15.3. The molecule has 4 nitrogen and oxygen atoms in total. The van der Waals surface area contributed by atoms with Crippen molar-refractivity contribution in [3.63, 3.8) is 0 Å². The molecule has 0 spiro atoms. The van der Waals surface area contributed by atoms with Gasteiger partial charge in [0.25, 0.3) is 0 Å². The first-order chi connectivity index (χ1) is 11.4. The molecule has 0 radical (unpaired) electrons. The van der Waals surface area contributed by atoms with Crippen LogP contribution in [-0.4, -0.2) is 13.4 Å². The van der Waals surface area contributed by atoms with E-state index in [2.05, 4.69) is 4.98 Å². The van der Waals surface area contributed by atoms with Crippen molar-refractivity contribution in [2.75, 3.05) is 0 Å². The van der Waals surface area contributed by atoms with E-state index in [4.69, 9.17) is 4.42 Å². The first-order valence-corrected chi connectivity index (χ1v) is 9.51. The summed E-state index contributed by atoms with van der Waals surface area (Å²) in [6.45, 7) is 3.97. The minimum atomic E-state index is -3.30. The molecule has 124 valence electrons. The molecule has 2 aromatic carbocycles. The highest BCUT2D eigenvalue weighted by Crippen LogP contribution is 2.21. The molecule has 5 heteroatoms. The summed E-state index contributed by atoms with van der Waals surface area (Å²) >= 11 is 0. The molecule has 0 aliphatic carbocycles. The minimum Gasteiger partial charge on any atom is -0.444 e. The lowest BCUT2D eigenvalue weighted by molar-refractivity contribution is 0.571. The van der Waals surface area contributed by atoms with E-state index in [1.54, 1.807) is 0 Å². The summed E-state index contributed by atoms with van der Waals surface area (Å²) in [5.41, 5.74) is 4.30. The van der Waals surface area contributed by atoms with Gasteiger partial charge >= 0.3 is 0 Å². The number of hydrogen-bond donors (Lipinski definition) is 0. The fourth-order valence-corrected chi connectivity index (χ4v) is 3.80. The van der Waals surface area contributed by atoms with E-state index in [-0.39, 0.29) is 11.5 Å². The Bertz CT molecular complexity index is 924. The van der Waals surface area contributed by atoms with Crippen LogP contribution in [0.5, 0.6) is 0 Å². The highest BCUT2D eigenvalue weighted by Gasteiger charge is 2.16. The van der Waals surface area contributed by atoms with Crippen LogP contribution in [0.3, 0.4) is 0 Å². The number of rotatable bonds is 5. The maximum atomic E-state index is 12.4. The van der Waals surface area contributed by atoms with Gasteiger partial charge in [0.05, 0.1) is 17.2 Å². The quantitative estimate of drug-likeness (QED) is 0.702. The topological polar surface area (TPSA) is 60.2 Å². The molecule has 0 atom stereocenters. The van der Waals surface area contributed by atoms with Crippen LogP contribution < -0.4 is 0 Å². The standard InChI is InChI=1S/C19H19NO3S/c1-14-3-7-16(8-4-14)12-24(21,22)13-18-11-23-19(20-18)17-9-5-15(2)6-10-17/h3-11H,12-13H2,1-2H3. The molecule has 0 amide bonds. The average Bonchev–Trinajstić information content (AvgIpc) is 2.98. The van der Waals surface area contributed by atoms with E-state index in [0.29, 0.717) is 11.6 Å². The van der Waals surface area contributed by atoms with Crippen molar-refractivity contribution in [3.05, 3.63) is 77.2 Å². The van der Waals surface area contributed by atoms with E-state index < -0.39 is 9.84 Å². The van der Waals surface area contributed by atoms with Crippen LogP contribution in [0.15, 0.2) is 59.2 Å². The molecule has 0 aliphatic heterocycles. The maximum absolute atomic E-state index is 12.4. The molecule has 0 saturated heterocycles. The molecule has 0 saturated carbocycles. The lowest BCUT2D eigenvalue weighted by atomic mass is 10.1. The summed E-state index contributed by atoms with van der Waals surface area (Å²) in [5.74, 6) is 0.312. The van der Waals surface area contributed by atoms with Crippen molar-refractivity contribution in [1.82, 2.24) is 4.98 Å².